The maximum Gasteiger partial charge on any atom is 0.472 e. The van der Waals surface area contributed by atoms with E-state index in [0.29, 0.717) is 19.3 Å². The van der Waals surface area contributed by atoms with Crippen molar-refractivity contribution in [2.75, 3.05) is 39.6 Å². The minimum atomic E-state index is -4.91. The van der Waals surface area contributed by atoms with E-state index in [4.69, 9.17) is 32.3 Å². The first-order valence-corrected chi connectivity index (χ1v) is 38.9. The van der Waals surface area contributed by atoms with Crippen molar-refractivity contribution in [3.63, 3.8) is 0 Å². The van der Waals surface area contributed by atoms with Crippen molar-refractivity contribution >= 4 is 33.6 Å². The van der Waals surface area contributed by atoms with Crippen LogP contribution in [-0.2, 0) is 55.8 Å². The number of aliphatic hydroxyl groups is 2. The topological polar surface area (TPSA) is 231 Å². The molecule has 528 valence electrons. The molecule has 0 bridgehead atoms. The summed E-state index contributed by atoms with van der Waals surface area (Å²) in [5.41, 5.74) is 0. The number of hydrogen-bond donors (Lipinski definition) is 4. The van der Waals surface area contributed by atoms with Crippen molar-refractivity contribution in [2.45, 2.75) is 322 Å². The Balaban J connectivity index is 4.26. The SMILES string of the molecule is CC/C=C\C/C=C\C/C=C\C/C=C\C/C=C\CCCCCCCCCCCCCCCCCCCC(=O)OCC(O)COP(=O)(O)OCC(O)COP(=O)(O)OCC(COC(=O)CCCCCCC/C=C\CCCC)OC(=O)CCCCCCC/C=C\CCCC. The zero-order valence-electron chi connectivity index (χ0n) is 57.3. The van der Waals surface area contributed by atoms with Crippen LogP contribution in [0.3, 0.4) is 0 Å². The molecule has 0 aromatic rings. The van der Waals surface area contributed by atoms with Gasteiger partial charge < -0.3 is 34.2 Å². The molecule has 0 rings (SSSR count). The molecule has 18 heteroatoms. The third-order valence-electron chi connectivity index (χ3n) is 15.1. The van der Waals surface area contributed by atoms with E-state index in [0.717, 1.165) is 128 Å². The van der Waals surface area contributed by atoms with Crippen LogP contribution in [0, 0.1) is 0 Å². The fourth-order valence-electron chi connectivity index (χ4n) is 9.56. The van der Waals surface area contributed by atoms with E-state index in [1.165, 1.54) is 116 Å². The molecule has 0 amide bonds. The summed E-state index contributed by atoms with van der Waals surface area (Å²) < 4.78 is 60.7. The lowest BCUT2D eigenvalue weighted by Crippen LogP contribution is -2.30. The average Bonchev–Trinajstić information content (AvgIpc) is 3.65. The van der Waals surface area contributed by atoms with Gasteiger partial charge >= 0.3 is 33.6 Å². The van der Waals surface area contributed by atoms with Crippen LogP contribution in [0.25, 0.3) is 0 Å². The minimum Gasteiger partial charge on any atom is -0.463 e. The van der Waals surface area contributed by atoms with Crippen LogP contribution in [0.15, 0.2) is 85.1 Å². The molecule has 5 unspecified atom stereocenters. The van der Waals surface area contributed by atoms with Crippen molar-refractivity contribution in [2.24, 2.45) is 0 Å². The molecule has 0 saturated carbocycles. The van der Waals surface area contributed by atoms with Gasteiger partial charge in [0.25, 0.3) is 0 Å². The van der Waals surface area contributed by atoms with Gasteiger partial charge in [0, 0.05) is 19.3 Å². The molecule has 16 nitrogen and oxygen atoms in total. The second-order valence-corrected chi connectivity index (χ2v) is 26.9. The van der Waals surface area contributed by atoms with E-state index in [-0.39, 0.29) is 19.3 Å². The first kappa shape index (κ1) is 87.7. The Morgan fingerprint density at radius 2 is 0.582 bits per heavy atom. The van der Waals surface area contributed by atoms with E-state index < -0.39 is 91.5 Å². The van der Waals surface area contributed by atoms with Gasteiger partial charge in [-0.05, 0) is 103 Å². The lowest BCUT2D eigenvalue weighted by Gasteiger charge is -2.21. The second kappa shape index (κ2) is 66.7. The first-order valence-electron chi connectivity index (χ1n) is 35.9. The molecule has 0 aliphatic carbocycles. The maximum atomic E-state index is 12.8. The van der Waals surface area contributed by atoms with Crippen LogP contribution >= 0.6 is 15.6 Å². The molecule has 0 aromatic carbocycles. The molecule has 0 heterocycles. The smallest absolute Gasteiger partial charge is 0.463 e. The molecular formula is C73H130O16P2. The molecule has 4 N–H and O–H groups in total. The Bertz CT molecular complexity index is 2000. The molecule has 0 aliphatic rings. The van der Waals surface area contributed by atoms with Crippen LogP contribution in [0.5, 0.6) is 0 Å². The van der Waals surface area contributed by atoms with E-state index in [1.54, 1.807) is 0 Å². The summed E-state index contributed by atoms with van der Waals surface area (Å²) in [4.78, 5) is 58.2. The normalized spacial score (nSPS) is 14.7. The molecule has 0 spiro atoms. The summed E-state index contributed by atoms with van der Waals surface area (Å²) in [5, 5.41) is 20.5. The Morgan fingerprint density at radius 1 is 0.319 bits per heavy atom. The number of unbranched alkanes of at least 4 members (excludes halogenated alkanes) is 31. The number of rotatable bonds is 68. The number of hydrogen-bond acceptors (Lipinski definition) is 14. The van der Waals surface area contributed by atoms with Crippen LogP contribution in [-0.4, -0.2) is 95.9 Å². The fourth-order valence-corrected chi connectivity index (χ4v) is 11.1. The van der Waals surface area contributed by atoms with Crippen LogP contribution in [0.2, 0.25) is 0 Å². The number of carbonyl (C=O) groups excluding carboxylic acids is 3. The second-order valence-electron chi connectivity index (χ2n) is 24.0. The fraction of sp³-hybridized carbons (Fsp3) is 0.767. The van der Waals surface area contributed by atoms with Crippen molar-refractivity contribution in [1.82, 2.24) is 0 Å². The summed E-state index contributed by atoms with van der Waals surface area (Å²) in [6.07, 6.45) is 72.6. The highest BCUT2D eigenvalue weighted by Crippen LogP contribution is 2.45. The van der Waals surface area contributed by atoms with Gasteiger partial charge in [-0.2, -0.15) is 0 Å². The number of aliphatic hydroxyl groups excluding tert-OH is 2. The van der Waals surface area contributed by atoms with Crippen LogP contribution in [0.4, 0.5) is 0 Å². The van der Waals surface area contributed by atoms with E-state index in [2.05, 4.69) is 106 Å². The third kappa shape index (κ3) is 67.9. The highest BCUT2D eigenvalue weighted by Gasteiger charge is 2.29. The number of phosphoric ester groups is 2. The summed E-state index contributed by atoms with van der Waals surface area (Å²) in [6, 6.07) is 0. The number of phosphoric acid groups is 2. The van der Waals surface area contributed by atoms with Gasteiger partial charge in [0.05, 0.1) is 26.4 Å². The molecule has 0 radical (unpaired) electrons. The quantitative estimate of drug-likeness (QED) is 0.0146. The Labute approximate surface area is 553 Å². The number of allylic oxidation sites excluding steroid dienone is 14. The summed E-state index contributed by atoms with van der Waals surface area (Å²) in [6.45, 7) is 2.46. The molecule has 0 aromatic heterocycles. The average molecular weight is 1330 g/mol. The highest BCUT2D eigenvalue weighted by atomic mass is 31.2. The summed E-state index contributed by atoms with van der Waals surface area (Å²) >= 11 is 0. The van der Waals surface area contributed by atoms with E-state index in [9.17, 15) is 43.5 Å². The van der Waals surface area contributed by atoms with Gasteiger partial charge in [0.1, 0.15) is 25.4 Å². The predicted molar refractivity (Wildman–Crippen MR) is 371 cm³/mol. The van der Waals surface area contributed by atoms with Crippen LogP contribution < -0.4 is 0 Å². The van der Waals surface area contributed by atoms with Crippen LogP contribution in [0.1, 0.15) is 303 Å². The zero-order chi connectivity index (χ0) is 66.7. The number of esters is 3. The molecule has 0 fully saturated rings. The molecule has 91 heavy (non-hydrogen) atoms. The third-order valence-corrected chi connectivity index (χ3v) is 17.0. The van der Waals surface area contributed by atoms with Crippen molar-refractivity contribution in [1.29, 1.82) is 0 Å². The highest BCUT2D eigenvalue weighted by molar-refractivity contribution is 7.47. The molecule has 0 aliphatic heterocycles. The largest absolute Gasteiger partial charge is 0.472 e. The van der Waals surface area contributed by atoms with Gasteiger partial charge in [-0.25, -0.2) is 9.13 Å². The Hall–Kier alpha value is -3.27. The van der Waals surface area contributed by atoms with Gasteiger partial charge in [-0.15, -0.1) is 0 Å². The van der Waals surface area contributed by atoms with Crippen molar-refractivity contribution in [3.8, 4) is 0 Å². The minimum absolute atomic E-state index is 0.0948. The van der Waals surface area contributed by atoms with E-state index >= 15 is 0 Å². The van der Waals surface area contributed by atoms with Crippen molar-refractivity contribution in [3.05, 3.63) is 85.1 Å². The van der Waals surface area contributed by atoms with Gasteiger partial charge in [0.2, 0.25) is 0 Å². The standard InChI is InChI=1S/C73H130O16P2/c1-4-7-10-13-16-19-22-23-24-25-26-27-28-29-30-31-32-33-34-35-36-37-38-39-40-41-42-43-46-48-50-53-56-59-71(76)83-62-68(74)63-85-90(79,80)86-64-69(75)65-87-91(81,82)88-67-70(89-73(78)61-58-55-52-49-45-21-18-15-12-9-6-3)66-84-72(77)60-57-54-51-47-44-20-17-14-11-8-5-2/h7,10,14-19,23-24,26-27,29-30,68-70,74-75H,4-6,8-9,11-13,20-22,25,28,31-67H2,1-3H3,(H,79,80)(H,81,82)/b10-7-,17-14-,18-15-,19-16-,24-23-,27-26-,30-29-. The lowest BCUT2D eigenvalue weighted by atomic mass is 10.0. The summed E-state index contributed by atoms with van der Waals surface area (Å²) in [7, 11) is -9.76. The number of ether oxygens (including phenoxy) is 3. The first-order chi connectivity index (χ1) is 44.2. The Morgan fingerprint density at radius 3 is 0.934 bits per heavy atom. The predicted octanol–water partition coefficient (Wildman–Crippen LogP) is 20.1. The van der Waals surface area contributed by atoms with Gasteiger partial charge in [-0.1, -0.05) is 266 Å². The van der Waals surface area contributed by atoms with Gasteiger partial charge in [0.15, 0.2) is 6.10 Å². The zero-order valence-corrected chi connectivity index (χ0v) is 59.0. The molecule has 0 saturated heterocycles. The Kier molecular flexibility index (Phi) is 64.3. The molecule has 5 atom stereocenters. The lowest BCUT2D eigenvalue weighted by molar-refractivity contribution is -0.161. The monoisotopic (exact) mass is 1320 g/mol. The molecular weight excluding hydrogens is 1190 g/mol. The maximum absolute atomic E-state index is 12.8. The van der Waals surface area contributed by atoms with E-state index in [1.807, 2.05) is 0 Å². The van der Waals surface area contributed by atoms with Crippen molar-refractivity contribution < 1.29 is 75.8 Å². The number of carbonyl (C=O) groups is 3. The van der Waals surface area contributed by atoms with Gasteiger partial charge in [-0.3, -0.25) is 32.5 Å². The summed E-state index contributed by atoms with van der Waals surface area (Å²) in [5.74, 6) is -1.59.